The van der Waals surface area contributed by atoms with Crippen molar-refractivity contribution in [3.8, 4) is 57.1 Å². The topological polar surface area (TPSA) is 622 Å². The van der Waals surface area contributed by atoms with E-state index < -0.39 is 271 Å². The van der Waals surface area contributed by atoms with Gasteiger partial charge in [-0.1, -0.05) is 79.0 Å². The fourth-order valence-corrected chi connectivity index (χ4v) is 15.4. The highest BCUT2D eigenvalue weighted by atomic mass is 35.5. The number of rotatable bonds is 19. The number of anilines is 1. The molecule has 126 heavy (non-hydrogen) atoms. The van der Waals surface area contributed by atoms with Crippen LogP contribution in [0.4, 0.5) is 5.69 Å². The summed E-state index contributed by atoms with van der Waals surface area (Å²) in [7, 11) is 1.46. The van der Waals surface area contributed by atoms with Crippen LogP contribution >= 0.6 is 34.8 Å². The molecule has 7 aromatic rings. The molecule has 1 unspecified atom stereocenters. The smallest absolute Gasteiger partial charge is 0.327 e. The van der Waals surface area contributed by atoms with Crippen LogP contribution in [0.15, 0.2) is 128 Å². The number of pyridine rings is 1. The lowest BCUT2D eigenvalue weighted by atomic mass is 9.84. The van der Waals surface area contributed by atoms with Crippen molar-refractivity contribution in [1.29, 1.82) is 0 Å². The minimum Gasteiger partial charge on any atom is -0.508 e. The number of phenolic OH excluding ortho intramolecular Hbond substituents is 3. The van der Waals surface area contributed by atoms with Crippen LogP contribution in [0, 0.1) is 5.92 Å². The number of hydrogen-bond acceptors (Lipinski definition) is 29. The zero-order valence-electron chi connectivity index (χ0n) is 67.3. The number of phenols is 3. The Morgan fingerprint density at radius 1 is 0.690 bits per heavy atom. The molecule has 7 aliphatic rings. The van der Waals surface area contributed by atoms with Gasteiger partial charge < -0.3 is 134 Å². The molecule has 40 nitrogen and oxygen atoms in total. The van der Waals surface area contributed by atoms with E-state index in [1.807, 2.05) is 5.43 Å². The average molecular weight is 1810 g/mol. The Balaban J connectivity index is 1.02. The summed E-state index contributed by atoms with van der Waals surface area (Å²) in [5, 5.41) is 130. The summed E-state index contributed by atoms with van der Waals surface area (Å²) in [6, 6.07) is 6.83. The van der Waals surface area contributed by atoms with Crippen LogP contribution in [0.3, 0.4) is 0 Å². The minimum atomic E-state index is -2.43. The van der Waals surface area contributed by atoms with E-state index in [4.69, 9.17) is 74.7 Å². The Hall–Kier alpha value is -12.4. The Bertz CT molecular complexity index is 5430. The van der Waals surface area contributed by atoms with E-state index in [9.17, 15) is 74.7 Å². The zero-order valence-corrected chi connectivity index (χ0v) is 69.6. The second-order valence-electron chi connectivity index (χ2n) is 30.9. The number of hydrogen-bond donors (Lipinski definition) is 22. The van der Waals surface area contributed by atoms with E-state index in [1.54, 1.807) is 62.6 Å². The molecule has 14 rings (SSSR count). The number of carbonyl (C=O) groups is 11. The second-order valence-corrected chi connectivity index (χ2v) is 32.2. The molecule has 11 bridgehead atoms. The van der Waals surface area contributed by atoms with E-state index >= 15 is 24.0 Å². The number of nitrogens with one attached hydrogen (secondary N) is 11. The number of fused-ring (bicyclic) bond motifs is 15. The number of hydrazine groups is 1. The van der Waals surface area contributed by atoms with Crippen LogP contribution in [0.5, 0.6) is 46.0 Å². The van der Waals surface area contributed by atoms with Crippen molar-refractivity contribution < 1.29 is 127 Å². The number of nitrogens with two attached hydrogens (primary N) is 2. The van der Waals surface area contributed by atoms with Crippen LogP contribution in [0.2, 0.25) is 15.1 Å². The first-order chi connectivity index (χ1) is 59.8. The number of nitrogens with zero attached hydrogens (tertiary/aromatic N) is 1. The maximum atomic E-state index is 16.3. The van der Waals surface area contributed by atoms with Crippen LogP contribution < -0.4 is 84.4 Å². The summed E-state index contributed by atoms with van der Waals surface area (Å²) in [5.41, 5.74) is 11.4. The van der Waals surface area contributed by atoms with Gasteiger partial charge in [-0.15, -0.1) is 0 Å². The number of aromatic nitrogens is 1. The fraction of sp³-hybridized carbons (Fsp3) is 0.349. The fourth-order valence-electron chi connectivity index (χ4n) is 14.8. The van der Waals surface area contributed by atoms with Gasteiger partial charge >= 0.3 is 11.8 Å². The molecule has 668 valence electrons. The lowest BCUT2D eigenvalue weighted by Gasteiger charge is -2.48. The molecule has 7 aliphatic heterocycles. The van der Waals surface area contributed by atoms with Gasteiger partial charge in [0.1, 0.15) is 95.5 Å². The van der Waals surface area contributed by atoms with E-state index in [2.05, 4.69) is 52.8 Å². The van der Waals surface area contributed by atoms with Crippen molar-refractivity contribution in [2.24, 2.45) is 17.4 Å². The SMILES string of the molecule is CN[C@H](CC(C)C)C(=O)N[C@H]1C(=O)N[C@@H](CC(N)=O)C(=O)N[C@H]2C(=O)N[C@H]3C(=O)N[C@H](C(=O)N[C@@H](C(=O)NNC(=O)C(N)=O)c4cc(O)cc(O)c4-c4cc3ccc4O)[C@H](O)c3ccc(c(Cl)c3)Oc3cc2cc(c3OC2O[C@H](CO)[C@@H](O)[C@H](O)[C@H]2O[C@H]2C[C@@](C)(NCc3cncc(NC(=O)/C=C/c4ccc(Cl)cc4)c3)[C@H](O)[C@H](C)O2)Oc2ccc(cc2Cl)[C@H]1O. The average Bonchev–Trinajstić information content (AvgIpc) is 0.765. The van der Waals surface area contributed by atoms with Gasteiger partial charge in [-0.05, 0) is 151 Å². The molecule has 1 aromatic heterocycles. The second kappa shape index (κ2) is 39.4. The third-order valence-electron chi connectivity index (χ3n) is 21.3. The summed E-state index contributed by atoms with van der Waals surface area (Å²) in [4.78, 5) is 162. The van der Waals surface area contributed by atoms with E-state index in [0.29, 0.717) is 21.8 Å². The van der Waals surface area contributed by atoms with Gasteiger partial charge in [-0.2, -0.15) is 0 Å². The van der Waals surface area contributed by atoms with Crippen LogP contribution in [-0.2, 0) is 73.5 Å². The molecule has 0 aliphatic carbocycles. The van der Waals surface area contributed by atoms with Gasteiger partial charge in [0.15, 0.2) is 23.9 Å². The van der Waals surface area contributed by atoms with Gasteiger partial charge in [0.25, 0.3) is 5.91 Å². The van der Waals surface area contributed by atoms with Crippen molar-refractivity contribution in [2.75, 3.05) is 19.0 Å². The van der Waals surface area contributed by atoms with Gasteiger partial charge in [0.05, 0.1) is 53.2 Å². The number of benzene rings is 6. The Kier molecular flexibility index (Phi) is 29.0. The zero-order chi connectivity index (χ0) is 91.2. The largest absolute Gasteiger partial charge is 0.508 e. The number of primary amides is 2. The third-order valence-corrected chi connectivity index (χ3v) is 22.2. The predicted octanol–water partition coefficient (Wildman–Crippen LogP) is 1.19. The summed E-state index contributed by atoms with van der Waals surface area (Å²) < 4.78 is 39.5. The summed E-state index contributed by atoms with van der Waals surface area (Å²) in [5.74, 6) is -20.2. The van der Waals surface area contributed by atoms with Gasteiger partial charge in [-0.3, -0.25) is 68.6 Å². The van der Waals surface area contributed by atoms with Crippen molar-refractivity contribution >= 4 is 112 Å². The summed E-state index contributed by atoms with van der Waals surface area (Å²) in [6.07, 6.45) is -13.8. The Morgan fingerprint density at radius 2 is 1.33 bits per heavy atom. The molecule has 2 saturated heterocycles. The highest BCUT2D eigenvalue weighted by Crippen LogP contribution is 2.50. The lowest BCUT2D eigenvalue weighted by molar-refractivity contribution is -0.334. The molecule has 0 radical (unpaired) electrons. The maximum absolute atomic E-state index is 16.3. The quantitative estimate of drug-likeness (QED) is 0.0307. The number of ether oxygens (including phenoxy) is 6. The molecule has 24 N–H and O–H groups in total. The molecular weight excluding hydrogens is 1720 g/mol. The molecule has 0 saturated carbocycles. The van der Waals surface area contributed by atoms with Crippen LogP contribution in [0.25, 0.3) is 17.2 Å². The van der Waals surface area contributed by atoms with Crippen LogP contribution in [-0.4, -0.2) is 208 Å². The highest BCUT2D eigenvalue weighted by molar-refractivity contribution is 6.34. The van der Waals surface area contributed by atoms with Crippen molar-refractivity contribution in [1.82, 2.24) is 58.4 Å². The third kappa shape index (κ3) is 21.2. The first-order valence-corrected chi connectivity index (χ1v) is 40.2. The molecule has 11 amide bonds. The Labute approximate surface area is 731 Å². The standard InChI is InChI=1S/C83H89Cl3N14O26/c1-33(2)18-48(89-5)74(113)97-64-66(107)38-10-15-52(46(85)21-38)122-54-23-40-24-55(70(54)126-82-71(69(110)68(109)56(32-101)124-82)125-59-28-83(4,72(111)34(3)121-59)91-30-36-19-42(31-90-29-36)92-58(106)17-8-35-6-12-41(84)13-7-35)123-53-16-11-39(22-47(53)86)67(108)65-79(118)96-63(80(119)99-100-81(120)73(88)112)45-25-43(102)26-51(104)60(45)44-20-37(9-14-50(44)103)61(76(115)98-65)95-77(116)62(40)94-75(114)49(27-57(87)105)93-78(64)117/h6-17,19-26,29,31,33-34,48-49,56,59,61-69,71-72,82,89,91,101-104,107-111H,18,27-28,30,32H2,1-5H3,(H2,87,105)(H2,88,112)(H,92,106)(H,93,117)(H,94,114)(H,95,116)(H,96,118)(H,97,113)(H,98,115)(H,99,119)(H,100,120)/b17-8+/t34-,48+,49-,56+,59-,61+,62+,63+,64+,65-,66+,67+,68+,69-,71+,72+,82?,83+/m0/s1. The van der Waals surface area contributed by atoms with Gasteiger partial charge in [-0.25, -0.2) is 0 Å². The highest BCUT2D eigenvalue weighted by Gasteiger charge is 2.52. The normalized spacial score (nSPS) is 25.8. The van der Waals surface area contributed by atoms with E-state index in [1.165, 1.54) is 44.6 Å². The van der Waals surface area contributed by atoms with Gasteiger partial charge in [0, 0.05) is 53.0 Å². The Morgan fingerprint density at radius 3 is 1.97 bits per heavy atom. The number of amides is 11. The number of halogens is 3. The molecule has 18 atom stereocenters. The lowest BCUT2D eigenvalue weighted by Crippen LogP contribution is -2.65. The number of carbonyl (C=O) groups excluding carboxylic acids is 11. The predicted molar refractivity (Wildman–Crippen MR) is 443 cm³/mol. The molecule has 43 heteroatoms. The number of likely N-dealkylation sites (N-methyl/N-ethyl adjacent to an activating group) is 1. The van der Waals surface area contributed by atoms with Gasteiger partial charge in [0.2, 0.25) is 59.3 Å². The summed E-state index contributed by atoms with van der Waals surface area (Å²) in [6.45, 7) is 5.71. The molecule has 6 aromatic carbocycles. The first kappa shape index (κ1) is 92.8. The minimum absolute atomic E-state index is 0.00839. The van der Waals surface area contributed by atoms with E-state index in [0.717, 1.165) is 66.7 Å². The molecule has 8 heterocycles. The van der Waals surface area contributed by atoms with E-state index in [-0.39, 0.29) is 36.4 Å². The monoisotopic (exact) mass is 1800 g/mol. The number of aliphatic hydroxyl groups excluding tert-OH is 6. The number of aromatic hydroxyl groups is 3. The molecular formula is C83H89Cl3N14O26. The first-order valence-electron chi connectivity index (χ1n) is 39.1. The number of aliphatic hydroxyl groups is 6. The van der Waals surface area contributed by atoms with Crippen molar-refractivity contribution in [2.45, 2.75) is 163 Å². The summed E-state index contributed by atoms with van der Waals surface area (Å²) >= 11 is 20.4. The molecule has 0 spiro atoms. The van der Waals surface area contributed by atoms with Crippen molar-refractivity contribution in [3.63, 3.8) is 0 Å². The maximum Gasteiger partial charge on any atom is 0.327 e. The van der Waals surface area contributed by atoms with Crippen LogP contribution in [0.1, 0.15) is 116 Å². The molecule has 2 fully saturated rings. The van der Waals surface area contributed by atoms with Crippen molar-refractivity contribution in [3.05, 3.63) is 182 Å².